The summed E-state index contributed by atoms with van der Waals surface area (Å²) < 4.78 is 0.995. The maximum atomic E-state index is 12.8. The van der Waals surface area contributed by atoms with E-state index in [1.54, 1.807) is 24.1 Å². The van der Waals surface area contributed by atoms with Crippen LogP contribution in [-0.2, 0) is 11.3 Å². The first-order valence-corrected chi connectivity index (χ1v) is 9.28. The smallest absolute Gasteiger partial charge is 0.319 e. The molecule has 5 nitrogen and oxygen atoms in total. The van der Waals surface area contributed by atoms with Gasteiger partial charge in [0, 0.05) is 23.8 Å². The molecular weight excluding hydrogens is 394 g/mol. The fourth-order valence-corrected chi connectivity index (χ4v) is 2.79. The molecule has 6 heteroatoms. The molecule has 26 heavy (non-hydrogen) atoms. The van der Waals surface area contributed by atoms with Crippen LogP contribution in [0.15, 0.2) is 59.1 Å². The topological polar surface area (TPSA) is 61.4 Å². The summed E-state index contributed by atoms with van der Waals surface area (Å²) in [5.74, 6) is -0.150. The van der Waals surface area contributed by atoms with E-state index in [0.717, 1.165) is 10.0 Å². The van der Waals surface area contributed by atoms with Crippen LogP contribution in [0, 0.1) is 5.92 Å². The lowest BCUT2D eigenvalue weighted by atomic mass is 10.0. The van der Waals surface area contributed by atoms with Gasteiger partial charge in [-0.25, -0.2) is 4.79 Å². The number of amides is 3. The van der Waals surface area contributed by atoms with Crippen molar-refractivity contribution in [3.05, 3.63) is 64.6 Å². The summed E-state index contributed by atoms with van der Waals surface area (Å²) in [5, 5.41) is 5.54. The largest absolute Gasteiger partial charge is 0.340 e. The van der Waals surface area contributed by atoms with Crippen molar-refractivity contribution >= 4 is 33.6 Å². The predicted octanol–water partition coefficient (Wildman–Crippen LogP) is 4.25. The molecule has 1 atom stereocenters. The number of hydrogen-bond acceptors (Lipinski definition) is 2. The Hall–Kier alpha value is -2.34. The van der Waals surface area contributed by atoms with Gasteiger partial charge in [-0.15, -0.1) is 0 Å². The van der Waals surface area contributed by atoms with Gasteiger partial charge in [-0.1, -0.05) is 60.1 Å². The van der Waals surface area contributed by atoms with Crippen LogP contribution in [0.25, 0.3) is 0 Å². The van der Waals surface area contributed by atoms with Crippen molar-refractivity contribution in [2.45, 2.75) is 26.4 Å². The molecule has 1 unspecified atom stereocenters. The summed E-state index contributed by atoms with van der Waals surface area (Å²) in [5.41, 5.74) is 1.71. The molecular formula is C20H24BrN3O2. The Morgan fingerprint density at radius 2 is 1.65 bits per heavy atom. The van der Waals surface area contributed by atoms with Crippen molar-refractivity contribution < 1.29 is 9.59 Å². The summed E-state index contributed by atoms with van der Waals surface area (Å²) in [7, 11) is 1.75. The Morgan fingerprint density at radius 3 is 2.23 bits per heavy atom. The van der Waals surface area contributed by atoms with Crippen LogP contribution in [-0.4, -0.2) is 29.9 Å². The van der Waals surface area contributed by atoms with Gasteiger partial charge in [0.05, 0.1) is 0 Å². The molecule has 0 bridgehead atoms. The molecule has 0 heterocycles. The molecule has 0 spiro atoms. The van der Waals surface area contributed by atoms with Crippen LogP contribution in [0.3, 0.4) is 0 Å². The van der Waals surface area contributed by atoms with Crippen molar-refractivity contribution in [2.75, 3.05) is 12.4 Å². The molecule has 2 aromatic rings. The number of para-hydroxylation sites is 1. The maximum absolute atomic E-state index is 12.8. The number of likely N-dealkylation sites (N-methyl/N-ethyl adjacent to an activating group) is 1. The molecule has 3 amide bonds. The van der Waals surface area contributed by atoms with Gasteiger partial charge in [0.1, 0.15) is 6.04 Å². The number of benzene rings is 2. The standard InChI is InChI=1S/C20H24BrN3O2/c1-14(2)18(23-20(26)22-17-7-5-4-6-8-17)19(25)24(3)13-15-9-11-16(21)12-10-15/h4-12,14,18H,13H2,1-3H3,(H2,22,23,26). The summed E-state index contributed by atoms with van der Waals surface area (Å²) in [6.45, 7) is 4.31. The van der Waals surface area contributed by atoms with Gasteiger partial charge in [0.15, 0.2) is 0 Å². The Balaban J connectivity index is 1.99. The van der Waals surface area contributed by atoms with Crippen molar-refractivity contribution in [3.8, 4) is 0 Å². The highest BCUT2D eigenvalue weighted by molar-refractivity contribution is 9.10. The van der Waals surface area contributed by atoms with Gasteiger partial charge < -0.3 is 15.5 Å². The minimum absolute atomic E-state index is 0.0311. The molecule has 0 aromatic heterocycles. The number of urea groups is 1. The van der Waals surface area contributed by atoms with E-state index < -0.39 is 6.04 Å². The maximum Gasteiger partial charge on any atom is 0.319 e. The Morgan fingerprint density at radius 1 is 1.04 bits per heavy atom. The van der Waals surface area contributed by atoms with Crippen LogP contribution in [0.5, 0.6) is 0 Å². The second-order valence-corrected chi connectivity index (χ2v) is 7.42. The molecule has 138 valence electrons. The van der Waals surface area contributed by atoms with Crippen LogP contribution in [0.4, 0.5) is 10.5 Å². The van der Waals surface area contributed by atoms with Crippen molar-refractivity contribution in [1.82, 2.24) is 10.2 Å². The van der Waals surface area contributed by atoms with E-state index in [0.29, 0.717) is 12.2 Å². The van der Waals surface area contributed by atoms with Crippen molar-refractivity contribution in [1.29, 1.82) is 0 Å². The molecule has 0 aliphatic rings. The zero-order valence-electron chi connectivity index (χ0n) is 15.2. The van der Waals surface area contributed by atoms with Crippen LogP contribution in [0.2, 0.25) is 0 Å². The molecule has 0 saturated heterocycles. The third-order valence-electron chi connectivity index (χ3n) is 3.96. The van der Waals surface area contributed by atoms with E-state index in [4.69, 9.17) is 0 Å². The Kier molecular flexibility index (Phi) is 7.21. The quantitative estimate of drug-likeness (QED) is 0.737. The predicted molar refractivity (Wildman–Crippen MR) is 108 cm³/mol. The van der Waals surface area contributed by atoms with E-state index in [-0.39, 0.29) is 17.9 Å². The van der Waals surface area contributed by atoms with E-state index in [1.165, 1.54) is 0 Å². The lowest BCUT2D eigenvalue weighted by Gasteiger charge is -2.27. The van der Waals surface area contributed by atoms with E-state index in [1.807, 2.05) is 56.3 Å². The van der Waals surface area contributed by atoms with Gasteiger partial charge >= 0.3 is 6.03 Å². The highest BCUT2D eigenvalue weighted by atomic mass is 79.9. The van der Waals surface area contributed by atoms with E-state index in [2.05, 4.69) is 26.6 Å². The van der Waals surface area contributed by atoms with Gasteiger partial charge in [-0.3, -0.25) is 4.79 Å². The number of anilines is 1. The molecule has 2 aromatic carbocycles. The molecule has 2 N–H and O–H groups in total. The van der Waals surface area contributed by atoms with Crippen molar-refractivity contribution in [3.63, 3.8) is 0 Å². The van der Waals surface area contributed by atoms with Crippen LogP contribution >= 0.6 is 15.9 Å². The van der Waals surface area contributed by atoms with Gasteiger partial charge in [-0.2, -0.15) is 0 Å². The number of hydrogen-bond donors (Lipinski definition) is 2. The van der Waals surface area contributed by atoms with Crippen molar-refractivity contribution in [2.24, 2.45) is 5.92 Å². The first-order valence-electron chi connectivity index (χ1n) is 8.49. The minimum Gasteiger partial charge on any atom is -0.340 e. The summed E-state index contributed by atoms with van der Waals surface area (Å²) in [6.07, 6.45) is 0. The minimum atomic E-state index is -0.598. The molecule has 2 rings (SSSR count). The number of carbonyl (C=O) groups excluding carboxylic acids is 2. The zero-order chi connectivity index (χ0) is 19.1. The monoisotopic (exact) mass is 417 g/mol. The number of carbonyl (C=O) groups is 2. The molecule has 0 aliphatic carbocycles. The third-order valence-corrected chi connectivity index (χ3v) is 4.49. The highest BCUT2D eigenvalue weighted by Crippen LogP contribution is 2.14. The third kappa shape index (κ3) is 5.88. The second kappa shape index (κ2) is 9.38. The fraction of sp³-hybridized carbons (Fsp3) is 0.300. The zero-order valence-corrected chi connectivity index (χ0v) is 16.8. The van der Waals surface area contributed by atoms with Crippen LogP contribution < -0.4 is 10.6 Å². The normalized spacial score (nSPS) is 11.7. The first-order chi connectivity index (χ1) is 12.4. The Labute approximate surface area is 162 Å². The fourth-order valence-electron chi connectivity index (χ4n) is 2.52. The van der Waals surface area contributed by atoms with Gasteiger partial charge in [-0.05, 0) is 35.7 Å². The number of nitrogens with one attached hydrogen (secondary N) is 2. The van der Waals surface area contributed by atoms with E-state index >= 15 is 0 Å². The SMILES string of the molecule is CC(C)C(NC(=O)Nc1ccccc1)C(=O)N(C)Cc1ccc(Br)cc1. The van der Waals surface area contributed by atoms with Gasteiger partial charge in [0.2, 0.25) is 5.91 Å². The summed E-state index contributed by atoms with van der Waals surface area (Å²) in [4.78, 5) is 26.7. The average molecular weight is 418 g/mol. The molecule has 0 radical (unpaired) electrons. The Bertz CT molecular complexity index is 732. The van der Waals surface area contributed by atoms with E-state index in [9.17, 15) is 9.59 Å². The highest BCUT2D eigenvalue weighted by Gasteiger charge is 2.27. The first kappa shape index (κ1) is 20.0. The molecule has 0 fully saturated rings. The molecule has 0 saturated carbocycles. The lowest BCUT2D eigenvalue weighted by Crippen LogP contribution is -2.51. The summed E-state index contributed by atoms with van der Waals surface area (Å²) in [6, 6.07) is 16.0. The second-order valence-electron chi connectivity index (χ2n) is 6.51. The van der Waals surface area contributed by atoms with Gasteiger partial charge in [0.25, 0.3) is 0 Å². The molecule has 0 aliphatic heterocycles. The lowest BCUT2D eigenvalue weighted by molar-refractivity contribution is -0.133. The number of nitrogens with zero attached hydrogens (tertiary/aromatic N) is 1. The van der Waals surface area contributed by atoms with Crippen LogP contribution in [0.1, 0.15) is 19.4 Å². The number of rotatable bonds is 6. The summed E-state index contributed by atoms with van der Waals surface area (Å²) >= 11 is 3.40. The average Bonchev–Trinajstić information content (AvgIpc) is 2.61. The number of halogens is 1.